The van der Waals surface area contributed by atoms with E-state index in [0.717, 1.165) is 29.8 Å². The molecule has 3 aromatic rings. The molecule has 0 aliphatic heterocycles. The van der Waals surface area contributed by atoms with Gasteiger partial charge in [-0.05, 0) is 62.9 Å². The van der Waals surface area contributed by atoms with Gasteiger partial charge in [0.05, 0.1) is 11.6 Å². The van der Waals surface area contributed by atoms with Crippen LogP contribution in [-0.4, -0.2) is 11.1 Å². The molecule has 0 unspecified atom stereocenters. The highest BCUT2D eigenvalue weighted by atomic mass is 16.5. The third-order valence-electron chi connectivity index (χ3n) is 3.92. The van der Waals surface area contributed by atoms with Crippen molar-refractivity contribution in [1.29, 1.82) is 0 Å². The van der Waals surface area contributed by atoms with E-state index in [1.165, 1.54) is 16.5 Å². The summed E-state index contributed by atoms with van der Waals surface area (Å²) < 4.78 is 5.69. The Balaban J connectivity index is 1.74. The number of hydrogen-bond donors (Lipinski definition) is 0. The van der Waals surface area contributed by atoms with Gasteiger partial charge in [0.2, 0.25) is 0 Å². The summed E-state index contributed by atoms with van der Waals surface area (Å²) >= 11 is 0. The zero-order valence-corrected chi connectivity index (χ0v) is 14.0. The van der Waals surface area contributed by atoms with Gasteiger partial charge in [-0.15, -0.1) is 0 Å². The molecule has 0 radical (unpaired) electrons. The van der Waals surface area contributed by atoms with Crippen LogP contribution in [0.25, 0.3) is 10.9 Å². The Bertz CT molecular complexity index is 791. The summed E-state index contributed by atoms with van der Waals surface area (Å²) in [5, 5.41) is 1.22. The second-order valence-corrected chi connectivity index (χ2v) is 6.25. The molecule has 0 spiro atoms. The number of rotatable bonds is 5. The van der Waals surface area contributed by atoms with Crippen molar-refractivity contribution in [3.63, 3.8) is 0 Å². The van der Waals surface area contributed by atoms with Crippen molar-refractivity contribution < 1.29 is 4.74 Å². The van der Waals surface area contributed by atoms with Crippen LogP contribution >= 0.6 is 0 Å². The Hall–Kier alpha value is -2.35. The Labute approximate surface area is 138 Å². The fourth-order valence-electron chi connectivity index (χ4n) is 2.79. The van der Waals surface area contributed by atoms with E-state index in [9.17, 15) is 0 Å². The largest absolute Gasteiger partial charge is 0.491 e. The van der Waals surface area contributed by atoms with Crippen molar-refractivity contribution in [2.75, 3.05) is 0 Å². The number of hydrogen-bond acceptors (Lipinski definition) is 2. The van der Waals surface area contributed by atoms with E-state index in [1.54, 1.807) is 0 Å². The predicted octanol–water partition coefficient (Wildman–Crippen LogP) is 5.12. The second-order valence-electron chi connectivity index (χ2n) is 6.25. The molecule has 0 N–H and O–H groups in total. The van der Waals surface area contributed by atoms with Crippen LogP contribution in [0, 0.1) is 6.92 Å². The number of pyridine rings is 1. The number of aryl methyl sites for hydroxylation is 3. The van der Waals surface area contributed by atoms with Crippen LogP contribution in [0.1, 0.15) is 30.7 Å². The number of benzene rings is 2. The average Bonchev–Trinajstić information content (AvgIpc) is 2.53. The zero-order valence-electron chi connectivity index (χ0n) is 14.0. The molecule has 0 saturated heterocycles. The van der Waals surface area contributed by atoms with Gasteiger partial charge in [-0.1, -0.05) is 36.4 Å². The second kappa shape index (κ2) is 6.82. The molecular weight excluding hydrogens is 282 g/mol. The summed E-state index contributed by atoms with van der Waals surface area (Å²) in [5.74, 6) is 0.936. The van der Waals surface area contributed by atoms with Crippen LogP contribution in [0.4, 0.5) is 0 Å². The monoisotopic (exact) mass is 305 g/mol. The third-order valence-corrected chi connectivity index (χ3v) is 3.92. The van der Waals surface area contributed by atoms with Crippen LogP contribution in [0.5, 0.6) is 5.75 Å². The van der Waals surface area contributed by atoms with Crippen molar-refractivity contribution in [3.05, 3.63) is 71.4 Å². The average molecular weight is 305 g/mol. The normalized spacial score (nSPS) is 11.1. The minimum Gasteiger partial charge on any atom is -0.491 e. The van der Waals surface area contributed by atoms with Crippen LogP contribution in [-0.2, 0) is 12.8 Å². The number of ether oxygens (including phenoxy) is 1. The van der Waals surface area contributed by atoms with E-state index in [2.05, 4.69) is 54.6 Å². The molecule has 23 heavy (non-hydrogen) atoms. The molecule has 0 atom stereocenters. The molecule has 0 aliphatic carbocycles. The van der Waals surface area contributed by atoms with Gasteiger partial charge in [0.15, 0.2) is 0 Å². The topological polar surface area (TPSA) is 22.1 Å². The first-order valence-corrected chi connectivity index (χ1v) is 8.22. The summed E-state index contributed by atoms with van der Waals surface area (Å²) in [5.41, 5.74) is 4.84. The van der Waals surface area contributed by atoms with Gasteiger partial charge in [0.1, 0.15) is 5.75 Å². The Morgan fingerprint density at radius 2 is 1.70 bits per heavy atom. The molecule has 2 heteroatoms. The van der Waals surface area contributed by atoms with Gasteiger partial charge >= 0.3 is 0 Å². The summed E-state index contributed by atoms with van der Waals surface area (Å²) in [6, 6.07) is 19.1. The molecule has 0 saturated carbocycles. The van der Waals surface area contributed by atoms with Gasteiger partial charge < -0.3 is 4.74 Å². The van der Waals surface area contributed by atoms with Crippen molar-refractivity contribution in [2.24, 2.45) is 0 Å². The molecular formula is C21H23NO. The maximum absolute atomic E-state index is 5.69. The van der Waals surface area contributed by atoms with Gasteiger partial charge in [0.25, 0.3) is 0 Å². The summed E-state index contributed by atoms with van der Waals surface area (Å²) in [6.07, 6.45) is 2.22. The number of nitrogens with zero attached hydrogens (tertiary/aromatic N) is 1. The number of fused-ring (bicyclic) bond motifs is 1. The molecule has 1 heterocycles. The van der Waals surface area contributed by atoms with Gasteiger partial charge in [-0.25, -0.2) is 0 Å². The molecule has 1 aromatic heterocycles. The van der Waals surface area contributed by atoms with E-state index in [1.807, 2.05) is 20.8 Å². The van der Waals surface area contributed by atoms with E-state index < -0.39 is 0 Å². The molecule has 0 amide bonds. The van der Waals surface area contributed by atoms with E-state index in [-0.39, 0.29) is 6.10 Å². The summed E-state index contributed by atoms with van der Waals surface area (Å²) in [4.78, 5) is 4.71. The van der Waals surface area contributed by atoms with Crippen molar-refractivity contribution in [2.45, 2.75) is 39.7 Å². The maximum atomic E-state index is 5.69. The highest BCUT2D eigenvalue weighted by molar-refractivity contribution is 5.81. The standard InChI is InChI=1S/C21H23NO/c1-15(2)23-20-13-9-17(10-14-20)8-12-19-6-4-5-18-11-7-16(3)22-21(18)19/h4-7,9-11,13-15H,8,12H2,1-3H3. The predicted molar refractivity (Wildman–Crippen MR) is 96.1 cm³/mol. The lowest BCUT2D eigenvalue weighted by atomic mass is 10.0. The molecule has 118 valence electrons. The quantitative estimate of drug-likeness (QED) is 0.653. The van der Waals surface area contributed by atoms with Crippen LogP contribution in [0.15, 0.2) is 54.6 Å². The SMILES string of the molecule is Cc1ccc2cccc(CCc3ccc(OC(C)C)cc3)c2n1. The number of aromatic nitrogens is 1. The van der Waals surface area contributed by atoms with Gasteiger partial charge in [-0.2, -0.15) is 0 Å². The molecule has 3 rings (SSSR count). The Kier molecular flexibility index (Phi) is 4.61. The van der Waals surface area contributed by atoms with Crippen molar-refractivity contribution >= 4 is 10.9 Å². The summed E-state index contributed by atoms with van der Waals surface area (Å²) in [7, 11) is 0. The van der Waals surface area contributed by atoms with Crippen molar-refractivity contribution in [1.82, 2.24) is 4.98 Å². The van der Waals surface area contributed by atoms with Gasteiger partial charge in [0, 0.05) is 11.1 Å². The minimum atomic E-state index is 0.214. The fraction of sp³-hybridized carbons (Fsp3) is 0.286. The first kappa shape index (κ1) is 15.5. The van der Waals surface area contributed by atoms with Crippen molar-refractivity contribution in [3.8, 4) is 5.75 Å². The molecule has 0 fully saturated rings. The maximum Gasteiger partial charge on any atom is 0.119 e. The lowest BCUT2D eigenvalue weighted by Gasteiger charge is -2.10. The Morgan fingerprint density at radius 1 is 0.913 bits per heavy atom. The smallest absolute Gasteiger partial charge is 0.119 e. The zero-order chi connectivity index (χ0) is 16.2. The third kappa shape index (κ3) is 3.89. The Morgan fingerprint density at radius 3 is 2.43 bits per heavy atom. The highest BCUT2D eigenvalue weighted by Crippen LogP contribution is 2.20. The van der Waals surface area contributed by atoms with E-state index >= 15 is 0 Å². The van der Waals surface area contributed by atoms with E-state index in [0.29, 0.717) is 0 Å². The molecule has 0 bridgehead atoms. The molecule has 2 aromatic carbocycles. The lowest BCUT2D eigenvalue weighted by molar-refractivity contribution is 0.242. The molecule has 2 nitrogen and oxygen atoms in total. The van der Waals surface area contributed by atoms with Gasteiger partial charge in [-0.3, -0.25) is 4.98 Å². The fourth-order valence-corrected chi connectivity index (χ4v) is 2.79. The van der Waals surface area contributed by atoms with Crippen LogP contribution in [0.3, 0.4) is 0 Å². The number of para-hydroxylation sites is 1. The molecule has 0 aliphatic rings. The first-order valence-electron chi connectivity index (χ1n) is 8.22. The first-order chi connectivity index (χ1) is 11.1. The highest BCUT2D eigenvalue weighted by Gasteiger charge is 2.04. The summed E-state index contributed by atoms with van der Waals surface area (Å²) in [6.45, 7) is 6.14. The minimum absolute atomic E-state index is 0.214. The van der Waals surface area contributed by atoms with Crippen LogP contribution in [0.2, 0.25) is 0 Å². The van der Waals surface area contributed by atoms with E-state index in [4.69, 9.17) is 9.72 Å². The lowest BCUT2D eigenvalue weighted by Crippen LogP contribution is -2.05. The van der Waals surface area contributed by atoms with Crippen LogP contribution < -0.4 is 4.74 Å².